The van der Waals surface area contributed by atoms with E-state index in [2.05, 4.69) is 5.73 Å². The first-order valence-electron chi connectivity index (χ1n) is 7.45. The summed E-state index contributed by atoms with van der Waals surface area (Å²) in [5, 5.41) is 26.0. The van der Waals surface area contributed by atoms with Gasteiger partial charge in [-0.3, -0.25) is 0 Å². The topological polar surface area (TPSA) is 103 Å². The Morgan fingerprint density at radius 1 is 1.31 bits per heavy atom. The van der Waals surface area contributed by atoms with Gasteiger partial charge in [0, 0.05) is 28.5 Å². The molecule has 0 bridgehead atoms. The van der Waals surface area contributed by atoms with Crippen LogP contribution in [-0.2, 0) is 6.42 Å². The summed E-state index contributed by atoms with van der Waals surface area (Å²) >= 11 is 1.42. The fourth-order valence-electron chi connectivity index (χ4n) is 2.73. The molecule has 26 heavy (non-hydrogen) atoms. The van der Waals surface area contributed by atoms with Crippen molar-refractivity contribution in [3.8, 4) is 23.8 Å². The van der Waals surface area contributed by atoms with Gasteiger partial charge < -0.3 is 15.6 Å². The van der Waals surface area contributed by atoms with Crippen LogP contribution in [0.15, 0.2) is 35.2 Å². The molecule has 0 aliphatic heterocycles. The van der Waals surface area contributed by atoms with E-state index in [0.717, 1.165) is 17.0 Å². The zero-order valence-electron chi connectivity index (χ0n) is 13.7. The Hall–Kier alpha value is -2.81. The van der Waals surface area contributed by atoms with E-state index in [1.807, 2.05) is 12.3 Å². The van der Waals surface area contributed by atoms with Crippen molar-refractivity contribution in [1.29, 1.82) is 10.5 Å². The van der Waals surface area contributed by atoms with E-state index >= 15 is 0 Å². The molecule has 0 aromatic heterocycles. The van der Waals surface area contributed by atoms with Crippen LogP contribution in [0, 0.1) is 28.6 Å². The lowest BCUT2D eigenvalue weighted by atomic mass is 10.1. The standard InChI is InChI=1S/C17H13F2NO2S.CH2N2/c1-23-15-3-2-14(12-7-13(19)17(21)16(12)15)22-11-5-9(8-20)4-10(18)6-11;2-1-3/h2-6,13,17,21H,7H2,1H3;2H2. The monoisotopic (exact) mass is 375 g/mol. The summed E-state index contributed by atoms with van der Waals surface area (Å²) in [7, 11) is 0. The summed E-state index contributed by atoms with van der Waals surface area (Å²) < 4.78 is 33.1. The highest BCUT2D eigenvalue weighted by molar-refractivity contribution is 7.98. The number of hydrogen-bond acceptors (Lipinski definition) is 6. The van der Waals surface area contributed by atoms with Gasteiger partial charge in [0.1, 0.15) is 29.6 Å². The van der Waals surface area contributed by atoms with Gasteiger partial charge in [0.05, 0.1) is 11.6 Å². The number of benzene rings is 2. The molecule has 134 valence electrons. The third-order valence-electron chi connectivity index (χ3n) is 3.76. The maximum atomic E-state index is 13.9. The third-order valence-corrected chi connectivity index (χ3v) is 4.56. The van der Waals surface area contributed by atoms with Gasteiger partial charge in [0.25, 0.3) is 0 Å². The predicted octanol–water partition coefficient (Wildman–Crippen LogP) is 3.57. The Kier molecular flexibility index (Phi) is 6.40. The molecule has 0 saturated carbocycles. The van der Waals surface area contributed by atoms with E-state index in [1.165, 1.54) is 24.0 Å². The van der Waals surface area contributed by atoms with E-state index in [0.29, 0.717) is 16.9 Å². The van der Waals surface area contributed by atoms with E-state index in [4.69, 9.17) is 15.3 Å². The number of hydrogen-bond donors (Lipinski definition) is 2. The zero-order chi connectivity index (χ0) is 19.3. The van der Waals surface area contributed by atoms with E-state index in [1.54, 1.807) is 12.1 Å². The SMILES string of the molecule is CSc1ccc(Oc2cc(F)cc(C#N)c2)c2c1C(O)C(F)C2.N#CN. The van der Waals surface area contributed by atoms with E-state index in [9.17, 15) is 13.9 Å². The number of nitriles is 2. The smallest absolute Gasteiger partial charge is 0.173 e. The fraction of sp³-hybridized carbons (Fsp3) is 0.222. The number of thioether (sulfide) groups is 1. The van der Waals surface area contributed by atoms with Crippen LogP contribution in [0.3, 0.4) is 0 Å². The molecule has 2 atom stereocenters. The Morgan fingerprint density at radius 2 is 2.00 bits per heavy atom. The predicted molar refractivity (Wildman–Crippen MR) is 92.8 cm³/mol. The molecule has 3 N–H and O–H groups in total. The molecule has 0 amide bonds. The molecular weight excluding hydrogens is 360 g/mol. The number of alkyl halides is 1. The lowest BCUT2D eigenvalue weighted by Crippen LogP contribution is -2.06. The molecule has 1 aliphatic rings. The quantitative estimate of drug-likeness (QED) is 0.483. The van der Waals surface area contributed by atoms with Crippen LogP contribution >= 0.6 is 11.8 Å². The van der Waals surface area contributed by atoms with Crippen molar-refractivity contribution in [1.82, 2.24) is 0 Å². The molecule has 0 radical (unpaired) electrons. The molecule has 3 rings (SSSR count). The van der Waals surface area contributed by atoms with Crippen LogP contribution in [0.5, 0.6) is 11.5 Å². The van der Waals surface area contributed by atoms with Gasteiger partial charge in [-0.25, -0.2) is 8.78 Å². The molecule has 0 fully saturated rings. The Balaban J connectivity index is 0.000000758. The van der Waals surface area contributed by atoms with Crippen LogP contribution in [0.1, 0.15) is 22.8 Å². The van der Waals surface area contributed by atoms with Crippen LogP contribution in [0.4, 0.5) is 8.78 Å². The van der Waals surface area contributed by atoms with Crippen molar-refractivity contribution in [2.75, 3.05) is 6.26 Å². The Labute approximate surface area is 153 Å². The second kappa shape index (κ2) is 8.52. The highest BCUT2D eigenvalue weighted by Gasteiger charge is 2.35. The molecule has 0 saturated heterocycles. The molecule has 2 unspecified atom stereocenters. The second-order valence-corrected chi connectivity index (χ2v) is 6.19. The highest BCUT2D eigenvalue weighted by atomic mass is 32.2. The number of rotatable bonds is 3. The largest absolute Gasteiger partial charge is 0.457 e. The van der Waals surface area contributed by atoms with Crippen molar-refractivity contribution in [3.05, 3.63) is 52.8 Å². The van der Waals surface area contributed by atoms with Crippen molar-refractivity contribution < 1.29 is 18.6 Å². The minimum absolute atomic E-state index is 0.0423. The van der Waals surface area contributed by atoms with Crippen LogP contribution in [0.25, 0.3) is 0 Å². The number of ether oxygens (including phenoxy) is 1. The molecule has 0 heterocycles. The van der Waals surface area contributed by atoms with Gasteiger partial charge in [0.2, 0.25) is 0 Å². The molecule has 0 spiro atoms. The van der Waals surface area contributed by atoms with E-state index in [-0.39, 0.29) is 17.7 Å². The average Bonchev–Trinajstić information content (AvgIpc) is 2.91. The minimum Gasteiger partial charge on any atom is -0.457 e. The lowest BCUT2D eigenvalue weighted by Gasteiger charge is -2.14. The average molecular weight is 375 g/mol. The number of aliphatic hydroxyl groups excluding tert-OH is 1. The second-order valence-electron chi connectivity index (χ2n) is 5.34. The zero-order valence-corrected chi connectivity index (χ0v) is 14.6. The first-order valence-corrected chi connectivity index (χ1v) is 8.67. The van der Waals surface area contributed by atoms with Crippen molar-refractivity contribution in [3.63, 3.8) is 0 Å². The third kappa shape index (κ3) is 4.05. The van der Waals surface area contributed by atoms with Gasteiger partial charge in [-0.05, 0) is 30.5 Å². The highest BCUT2D eigenvalue weighted by Crippen LogP contribution is 2.44. The summed E-state index contributed by atoms with van der Waals surface area (Å²) in [6.07, 6.45) is 0.571. The van der Waals surface area contributed by atoms with Crippen LogP contribution in [0.2, 0.25) is 0 Å². The van der Waals surface area contributed by atoms with Crippen molar-refractivity contribution in [2.45, 2.75) is 23.6 Å². The molecule has 2 aromatic carbocycles. The first-order chi connectivity index (χ1) is 12.4. The van der Waals surface area contributed by atoms with Gasteiger partial charge in [-0.2, -0.15) is 10.5 Å². The number of nitrogens with two attached hydrogens (primary N) is 1. The van der Waals surface area contributed by atoms with Gasteiger partial charge in [-0.1, -0.05) is 0 Å². The van der Waals surface area contributed by atoms with Gasteiger partial charge in [-0.15, -0.1) is 11.8 Å². The fourth-order valence-corrected chi connectivity index (χ4v) is 3.40. The van der Waals surface area contributed by atoms with Gasteiger partial charge in [0.15, 0.2) is 6.19 Å². The van der Waals surface area contributed by atoms with Crippen LogP contribution in [-0.4, -0.2) is 17.5 Å². The summed E-state index contributed by atoms with van der Waals surface area (Å²) in [5.41, 5.74) is 5.40. The summed E-state index contributed by atoms with van der Waals surface area (Å²) in [5.74, 6) is -0.0521. The molecule has 8 heteroatoms. The van der Waals surface area contributed by atoms with Crippen LogP contribution < -0.4 is 10.5 Å². The normalized spacial score (nSPS) is 17.3. The Bertz CT molecular complexity index is 893. The molecule has 2 aromatic rings. The lowest BCUT2D eigenvalue weighted by molar-refractivity contribution is 0.0908. The number of nitrogens with zero attached hydrogens (tertiary/aromatic N) is 2. The maximum absolute atomic E-state index is 13.9. The van der Waals surface area contributed by atoms with Crippen molar-refractivity contribution >= 4 is 11.8 Å². The maximum Gasteiger partial charge on any atom is 0.173 e. The summed E-state index contributed by atoms with van der Waals surface area (Å²) in [6, 6.07) is 8.95. The molecular formula is C18H15F2N3O2S. The number of fused-ring (bicyclic) bond motifs is 1. The minimum atomic E-state index is -1.39. The first kappa shape index (κ1) is 19.5. The Morgan fingerprint density at radius 3 is 2.62 bits per heavy atom. The molecule has 5 nitrogen and oxygen atoms in total. The number of aliphatic hydroxyl groups is 1. The summed E-state index contributed by atoms with van der Waals surface area (Å²) in [6.45, 7) is 0. The number of halogens is 2. The van der Waals surface area contributed by atoms with E-state index < -0.39 is 18.1 Å². The molecule has 1 aliphatic carbocycles. The van der Waals surface area contributed by atoms with Crippen molar-refractivity contribution in [2.24, 2.45) is 5.73 Å². The summed E-state index contributed by atoms with van der Waals surface area (Å²) in [4.78, 5) is 0.789. The van der Waals surface area contributed by atoms with Gasteiger partial charge >= 0.3 is 0 Å².